The molecular formula is C23H34N2O8. The maximum Gasteiger partial charge on any atom is 0.407 e. The summed E-state index contributed by atoms with van der Waals surface area (Å²) in [5.74, 6) is -1.43. The fraction of sp³-hybridized carbons (Fsp3) is 0.565. The Morgan fingerprint density at radius 2 is 1.73 bits per heavy atom. The number of carbonyl (C=O) groups excluding carboxylic acids is 4. The first-order valence-corrected chi connectivity index (χ1v) is 11.1. The maximum absolute atomic E-state index is 12.6. The summed E-state index contributed by atoms with van der Waals surface area (Å²) in [5, 5.41) is 5.32. The summed E-state index contributed by atoms with van der Waals surface area (Å²) in [6.45, 7) is 5.88. The van der Waals surface area contributed by atoms with E-state index < -0.39 is 24.1 Å². The fourth-order valence-electron chi connectivity index (χ4n) is 2.89. The summed E-state index contributed by atoms with van der Waals surface area (Å²) in [6.07, 6.45) is 2.17. The van der Waals surface area contributed by atoms with Crippen molar-refractivity contribution >= 4 is 23.9 Å². The molecule has 184 valence electrons. The van der Waals surface area contributed by atoms with Gasteiger partial charge in [0.2, 0.25) is 5.91 Å². The number of carbonyl (C=O) groups is 4. The second-order valence-electron chi connectivity index (χ2n) is 7.04. The third-order valence-electron chi connectivity index (χ3n) is 4.50. The molecule has 0 radical (unpaired) electrons. The summed E-state index contributed by atoms with van der Waals surface area (Å²) in [7, 11) is 1.21. The van der Waals surface area contributed by atoms with Gasteiger partial charge in [0, 0.05) is 13.0 Å². The zero-order valence-corrected chi connectivity index (χ0v) is 19.7. The Kier molecular flexibility index (Phi) is 13.0. The molecule has 1 aromatic rings. The van der Waals surface area contributed by atoms with E-state index in [0.717, 1.165) is 19.3 Å². The Hall–Kier alpha value is -3.30. The van der Waals surface area contributed by atoms with Crippen molar-refractivity contribution in [2.75, 3.05) is 33.5 Å². The summed E-state index contributed by atoms with van der Waals surface area (Å²) in [6, 6.07) is 3.74. The van der Waals surface area contributed by atoms with Crippen molar-refractivity contribution in [3.63, 3.8) is 0 Å². The molecule has 0 unspecified atom stereocenters. The SMILES string of the molecule is CCCCCNC(=O)[C@H](Cc1ccc(OCC(=O)OCC)c(C(=O)OCC)c1)NC(=O)OC. The molecule has 0 aliphatic heterocycles. The number of nitrogens with one attached hydrogen (secondary N) is 2. The lowest BCUT2D eigenvalue weighted by Crippen LogP contribution is -2.48. The van der Waals surface area contributed by atoms with Crippen LogP contribution in [-0.2, 0) is 30.2 Å². The molecular weight excluding hydrogens is 432 g/mol. The fourth-order valence-corrected chi connectivity index (χ4v) is 2.89. The molecule has 1 aromatic carbocycles. The van der Waals surface area contributed by atoms with Gasteiger partial charge in [0.25, 0.3) is 0 Å². The van der Waals surface area contributed by atoms with Crippen LogP contribution in [0.3, 0.4) is 0 Å². The highest BCUT2D eigenvalue weighted by molar-refractivity contribution is 5.93. The van der Waals surface area contributed by atoms with E-state index >= 15 is 0 Å². The molecule has 0 aliphatic carbocycles. The van der Waals surface area contributed by atoms with Crippen LogP contribution in [-0.4, -0.2) is 63.5 Å². The monoisotopic (exact) mass is 466 g/mol. The van der Waals surface area contributed by atoms with Crippen LogP contribution in [0.5, 0.6) is 5.75 Å². The van der Waals surface area contributed by atoms with Crippen molar-refractivity contribution < 1.29 is 38.1 Å². The highest BCUT2D eigenvalue weighted by atomic mass is 16.6. The number of hydrogen-bond acceptors (Lipinski definition) is 8. The van der Waals surface area contributed by atoms with Crippen molar-refractivity contribution in [1.82, 2.24) is 10.6 Å². The van der Waals surface area contributed by atoms with Gasteiger partial charge in [-0.05, 0) is 38.0 Å². The minimum Gasteiger partial charge on any atom is -0.481 e. The number of esters is 2. The molecule has 1 rings (SSSR count). The molecule has 2 N–H and O–H groups in total. The molecule has 0 heterocycles. The highest BCUT2D eigenvalue weighted by Gasteiger charge is 2.23. The minimum absolute atomic E-state index is 0.0961. The Labute approximate surface area is 194 Å². The van der Waals surface area contributed by atoms with Gasteiger partial charge in [-0.2, -0.15) is 0 Å². The average molecular weight is 467 g/mol. The van der Waals surface area contributed by atoms with Crippen molar-refractivity contribution in [3.8, 4) is 5.75 Å². The van der Waals surface area contributed by atoms with E-state index in [-0.39, 0.29) is 43.5 Å². The van der Waals surface area contributed by atoms with Crippen LogP contribution in [0.4, 0.5) is 4.79 Å². The highest BCUT2D eigenvalue weighted by Crippen LogP contribution is 2.22. The van der Waals surface area contributed by atoms with Crippen LogP contribution in [0.15, 0.2) is 18.2 Å². The first-order valence-electron chi connectivity index (χ1n) is 11.1. The third kappa shape index (κ3) is 10.2. The van der Waals surface area contributed by atoms with Crippen molar-refractivity contribution in [1.29, 1.82) is 0 Å². The lowest BCUT2D eigenvalue weighted by molar-refractivity contribution is -0.145. The molecule has 33 heavy (non-hydrogen) atoms. The van der Waals surface area contributed by atoms with Crippen LogP contribution < -0.4 is 15.4 Å². The molecule has 10 heteroatoms. The maximum atomic E-state index is 12.6. The van der Waals surface area contributed by atoms with Gasteiger partial charge in [-0.15, -0.1) is 0 Å². The van der Waals surface area contributed by atoms with Gasteiger partial charge >= 0.3 is 18.0 Å². The second kappa shape index (κ2) is 15.5. The normalized spacial score (nSPS) is 11.2. The first-order chi connectivity index (χ1) is 15.9. The zero-order chi connectivity index (χ0) is 24.6. The van der Waals surface area contributed by atoms with Gasteiger partial charge in [-0.1, -0.05) is 25.8 Å². The predicted octanol–water partition coefficient (Wildman–Crippen LogP) is 2.38. The molecule has 0 fully saturated rings. The molecule has 2 amide bonds. The number of hydrogen-bond donors (Lipinski definition) is 2. The van der Waals surface area contributed by atoms with Gasteiger partial charge in [0.05, 0.1) is 20.3 Å². The van der Waals surface area contributed by atoms with Crippen LogP contribution in [0.1, 0.15) is 56.0 Å². The lowest BCUT2D eigenvalue weighted by atomic mass is 10.0. The molecule has 0 aliphatic rings. The molecule has 0 saturated heterocycles. The Balaban J connectivity index is 3.06. The first kappa shape index (κ1) is 27.7. The quantitative estimate of drug-likeness (QED) is 0.243. The average Bonchev–Trinajstić information content (AvgIpc) is 2.80. The van der Waals surface area contributed by atoms with Gasteiger partial charge in [0.15, 0.2) is 6.61 Å². The zero-order valence-electron chi connectivity index (χ0n) is 19.7. The number of amides is 2. The van der Waals surface area contributed by atoms with E-state index in [1.54, 1.807) is 19.9 Å². The lowest BCUT2D eigenvalue weighted by Gasteiger charge is -2.19. The van der Waals surface area contributed by atoms with E-state index in [4.69, 9.17) is 14.2 Å². The molecule has 0 spiro atoms. The number of methoxy groups -OCH3 is 1. The summed E-state index contributed by atoms with van der Waals surface area (Å²) in [5.41, 5.74) is 0.672. The minimum atomic E-state index is -0.916. The van der Waals surface area contributed by atoms with E-state index in [1.165, 1.54) is 19.2 Å². The molecule has 1 atom stereocenters. The standard InChI is InChI=1S/C23H34N2O8/c1-5-8-9-12-24-21(27)18(25-23(29)30-4)14-16-10-11-19(33-15-20(26)31-6-2)17(13-16)22(28)32-7-3/h10-11,13,18H,5-9,12,14-15H2,1-4H3,(H,24,27)(H,25,29)/t18-/m0/s1. The third-order valence-corrected chi connectivity index (χ3v) is 4.50. The molecule has 10 nitrogen and oxygen atoms in total. The summed E-state index contributed by atoms with van der Waals surface area (Å²) in [4.78, 5) is 48.5. The van der Waals surface area contributed by atoms with Crippen molar-refractivity contribution in [2.24, 2.45) is 0 Å². The number of alkyl carbamates (subject to hydrolysis) is 1. The Morgan fingerprint density at radius 3 is 2.36 bits per heavy atom. The predicted molar refractivity (Wildman–Crippen MR) is 120 cm³/mol. The van der Waals surface area contributed by atoms with E-state index in [9.17, 15) is 19.2 Å². The summed E-state index contributed by atoms with van der Waals surface area (Å²) < 4.78 is 20.0. The second-order valence-corrected chi connectivity index (χ2v) is 7.04. The smallest absolute Gasteiger partial charge is 0.407 e. The topological polar surface area (TPSA) is 129 Å². The number of unbranched alkanes of at least 4 members (excludes halogenated alkanes) is 2. The van der Waals surface area contributed by atoms with Crippen molar-refractivity contribution in [2.45, 2.75) is 52.5 Å². The van der Waals surface area contributed by atoms with Gasteiger partial charge in [-0.25, -0.2) is 14.4 Å². The van der Waals surface area contributed by atoms with Crippen LogP contribution in [0.2, 0.25) is 0 Å². The number of benzene rings is 1. The molecule has 0 saturated carbocycles. The number of ether oxygens (including phenoxy) is 4. The molecule has 0 aromatic heterocycles. The van der Waals surface area contributed by atoms with Gasteiger partial charge < -0.3 is 29.6 Å². The van der Waals surface area contributed by atoms with E-state index in [0.29, 0.717) is 12.1 Å². The van der Waals surface area contributed by atoms with Gasteiger partial charge in [-0.3, -0.25) is 4.79 Å². The largest absolute Gasteiger partial charge is 0.481 e. The van der Waals surface area contributed by atoms with Crippen molar-refractivity contribution in [3.05, 3.63) is 29.3 Å². The van der Waals surface area contributed by atoms with Gasteiger partial charge in [0.1, 0.15) is 17.4 Å². The van der Waals surface area contributed by atoms with E-state index in [2.05, 4.69) is 22.3 Å². The van der Waals surface area contributed by atoms with Crippen LogP contribution in [0.25, 0.3) is 0 Å². The summed E-state index contributed by atoms with van der Waals surface area (Å²) >= 11 is 0. The number of rotatable bonds is 14. The van der Waals surface area contributed by atoms with Crippen LogP contribution in [0, 0.1) is 0 Å². The van der Waals surface area contributed by atoms with E-state index in [1.807, 2.05) is 0 Å². The van der Waals surface area contributed by atoms with Crippen LogP contribution >= 0.6 is 0 Å². The molecule has 0 bridgehead atoms. The Bertz CT molecular complexity index is 797. The Morgan fingerprint density at radius 1 is 1.00 bits per heavy atom.